The lowest BCUT2D eigenvalue weighted by Gasteiger charge is -2.19. The van der Waals surface area contributed by atoms with Gasteiger partial charge in [0.15, 0.2) is 23.5 Å². The number of hydrogen-bond acceptors (Lipinski definition) is 5. The van der Waals surface area contributed by atoms with Crippen molar-refractivity contribution in [2.75, 3.05) is 13.2 Å². The molecule has 0 radical (unpaired) electrons. The van der Waals surface area contributed by atoms with E-state index in [9.17, 15) is 4.79 Å². The molecular formula is C30H22ClNO5. The number of halogens is 1. The number of hydrogen-bond donors (Lipinski definition) is 0. The third kappa shape index (κ3) is 5.53. The van der Waals surface area contributed by atoms with Gasteiger partial charge >= 0.3 is 0 Å². The molecule has 0 fully saturated rings. The first kappa shape index (κ1) is 24.2. The molecule has 184 valence electrons. The van der Waals surface area contributed by atoms with Gasteiger partial charge in [0.2, 0.25) is 0 Å². The normalized spacial score (nSPS) is 11.9. The molecule has 0 N–H and O–H groups in total. The molecular weight excluding hydrogens is 490 g/mol. The Bertz CT molecular complexity index is 1490. The lowest BCUT2D eigenvalue weighted by Crippen LogP contribution is -2.15. The summed E-state index contributed by atoms with van der Waals surface area (Å²) in [5.74, 6) is 2.36. The SMILES string of the molecule is [C-]#[N+]c1cccc(COc2cc(OCc3cccc(-c4ccc5c(c4)OCCO5)c3Cl)ccc2C=O)c1. The maximum absolute atomic E-state index is 11.5. The standard InChI is InChI=1S/C30H22ClNO5/c1-32-24-6-2-4-20(14-24)18-37-28-16-25(10-8-22(28)17-33)36-19-23-5-3-7-26(30(23)31)21-9-11-27-29(15-21)35-13-12-34-27/h2-11,14-17H,12-13,18-19H2. The molecule has 0 saturated carbocycles. The fraction of sp³-hybridized carbons (Fsp3) is 0.133. The Hall–Kier alpha value is -4.47. The fourth-order valence-corrected chi connectivity index (χ4v) is 4.28. The summed E-state index contributed by atoms with van der Waals surface area (Å²) in [5, 5.41) is 0.583. The van der Waals surface area contributed by atoms with Gasteiger partial charge < -0.3 is 18.9 Å². The topological polar surface area (TPSA) is 58.4 Å². The van der Waals surface area contributed by atoms with E-state index in [0.29, 0.717) is 46.7 Å². The zero-order chi connectivity index (χ0) is 25.6. The Morgan fingerprint density at radius 1 is 0.892 bits per heavy atom. The van der Waals surface area contributed by atoms with Gasteiger partial charge in [0, 0.05) is 17.2 Å². The molecule has 4 aromatic rings. The molecule has 0 unspecified atom stereocenters. The number of benzene rings is 4. The van der Waals surface area contributed by atoms with Crippen LogP contribution < -0.4 is 18.9 Å². The zero-order valence-electron chi connectivity index (χ0n) is 19.8. The van der Waals surface area contributed by atoms with E-state index >= 15 is 0 Å². The maximum atomic E-state index is 11.5. The summed E-state index contributed by atoms with van der Waals surface area (Å²) in [4.78, 5) is 15.0. The number of fused-ring (bicyclic) bond motifs is 1. The van der Waals surface area contributed by atoms with Gasteiger partial charge in [0.25, 0.3) is 0 Å². The van der Waals surface area contributed by atoms with Gasteiger partial charge in [0.05, 0.1) is 17.2 Å². The van der Waals surface area contributed by atoms with E-state index in [2.05, 4.69) is 4.85 Å². The third-order valence-electron chi connectivity index (χ3n) is 5.87. The van der Waals surface area contributed by atoms with Crippen LogP contribution >= 0.6 is 11.6 Å². The van der Waals surface area contributed by atoms with Crippen molar-refractivity contribution in [2.24, 2.45) is 0 Å². The molecule has 1 aliphatic rings. The van der Waals surface area contributed by atoms with Crippen LogP contribution in [0.1, 0.15) is 21.5 Å². The molecule has 1 aliphatic heterocycles. The van der Waals surface area contributed by atoms with Crippen molar-refractivity contribution >= 4 is 23.6 Å². The minimum Gasteiger partial charge on any atom is -0.489 e. The number of rotatable bonds is 8. The Kier molecular flexibility index (Phi) is 7.25. The second-order valence-electron chi connectivity index (χ2n) is 8.31. The van der Waals surface area contributed by atoms with Crippen LogP contribution in [0.3, 0.4) is 0 Å². The average molecular weight is 512 g/mol. The summed E-state index contributed by atoms with van der Waals surface area (Å²) in [6.07, 6.45) is 0.738. The van der Waals surface area contributed by atoms with E-state index in [0.717, 1.165) is 34.3 Å². The lowest BCUT2D eigenvalue weighted by atomic mass is 10.0. The summed E-state index contributed by atoms with van der Waals surface area (Å²) in [7, 11) is 0. The second-order valence-corrected chi connectivity index (χ2v) is 8.69. The monoisotopic (exact) mass is 511 g/mol. The number of carbonyl (C=O) groups excluding carboxylic acids is 1. The van der Waals surface area contributed by atoms with Crippen LogP contribution in [-0.4, -0.2) is 19.5 Å². The van der Waals surface area contributed by atoms with E-state index in [4.69, 9.17) is 37.1 Å². The molecule has 0 amide bonds. The molecule has 0 aromatic heterocycles. The largest absolute Gasteiger partial charge is 0.489 e. The number of ether oxygens (including phenoxy) is 4. The molecule has 0 spiro atoms. The van der Waals surface area contributed by atoms with E-state index in [-0.39, 0.29) is 13.2 Å². The predicted molar refractivity (Wildman–Crippen MR) is 141 cm³/mol. The minimum atomic E-state index is 0.219. The summed E-state index contributed by atoms with van der Waals surface area (Å²) >= 11 is 6.77. The van der Waals surface area contributed by atoms with Crippen LogP contribution in [0.25, 0.3) is 16.0 Å². The molecule has 6 nitrogen and oxygen atoms in total. The lowest BCUT2D eigenvalue weighted by molar-refractivity contribution is 0.111. The highest BCUT2D eigenvalue weighted by atomic mass is 35.5. The average Bonchev–Trinajstić information content (AvgIpc) is 2.95. The van der Waals surface area contributed by atoms with Gasteiger partial charge in [-0.1, -0.05) is 54.1 Å². The Balaban J connectivity index is 1.31. The van der Waals surface area contributed by atoms with Crippen LogP contribution in [0, 0.1) is 6.57 Å². The van der Waals surface area contributed by atoms with Gasteiger partial charge in [-0.15, -0.1) is 0 Å². The quantitative estimate of drug-likeness (QED) is 0.183. The van der Waals surface area contributed by atoms with Crippen LogP contribution in [0.5, 0.6) is 23.0 Å². The summed E-state index contributed by atoms with van der Waals surface area (Å²) in [6, 6.07) is 23.8. The first-order valence-electron chi connectivity index (χ1n) is 11.6. The number of nitrogens with zero attached hydrogens (tertiary/aromatic N) is 1. The van der Waals surface area contributed by atoms with E-state index in [1.165, 1.54) is 0 Å². The summed E-state index contributed by atoms with van der Waals surface area (Å²) in [6.45, 7) is 8.66. The van der Waals surface area contributed by atoms with Crippen LogP contribution in [0.4, 0.5) is 5.69 Å². The van der Waals surface area contributed by atoms with Crippen molar-refractivity contribution in [2.45, 2.75) is 13.2 Å². The van der Waals surface area contributed by atoms with Crippen molar-refractivity contribution in [3.8, 4) is 34.1 Å². The van der Waals surface area contributed by atoms with Crippen LogP contribution in [0.2, 0.25) is 5.02 Å². The van der Waals surface area contributed by atoms with E-state index in [1.807, 2.05) is 42.5 Å². The molecule has 0 bridgehead atoms. The summed E-state index contributed by atoms with van der Waals surface area (Å²) in [5.41, 5.74) is 4.37. The van der Waals surface area contributed by atoms with Crippen molar-refractivity contribution in [1.82, 2.24) is 0 Å². The van der Waals surface area contributed by atoms with Crippen molar-refractivity contribution in [1.29, 1.82) is 0 Å². The molecule has 4 aromatic carbocycles. The van der Waals surface area contributed by atoms with Gasteiger partial charge in [-0.25, -0.2) is 4.85 Å². The van der Waals surface area contributed by atoms with E-state index in [1.54, 1.807) is 36.4 Å². The first-order chi connectivity index (χ1) is 18.1. The first-order valence-corrected chi connectivity index (χ1v) is 12.0. The van der Waals surface area contributed by atoms with Crippen LogP contribution in [0.15, 0.2) is 78.9 Å². The molecule has 37 heavy (non-hydrogen) atoms. The van der Waals surface area contributed by atoms with Gasteiger partial charge in [0.1, 0.15) is 37.9 Å². The summed E-state index contributed by atoms with van der Waals surface area (Å²) < 4.78 is 23.2. The van der Waals surface area contributed by atoms with Crippen molar-refractivity contribution in [3.05, 3.63) is 112 Å². The highest BCUT2D eigenvalue weighted by Gasteiger charge is 2.15. The number of aldehydes is 1. The molecule has 7 heteroatoms. The molecule has 5 rings (SSSR count). The predicted octanol–water partition coefficient (Wildman–Crippen LogP) is 7.30. The second kappa shape index (κ2) is 11.1. The highest BCUT2D eigenvalue weighted by molar-refractivity contribution is 6.34. The van der Waals surface area contributed by atoms with Gasteiger partial charge in [-0.2, -0.15) is 0 Å². The molecule has 0 atom stereocenters. The highest BCUT2D eigenvalue weighted by Crippen LogP contribution is 2.38. The van der Waals surface area contributed by atoms with Crippen LogP contribution in [-0.2, 0) is 13.2 Å². The smallest absolute Gasteiger partial charge is 0.187 e. The van der Waals surface area contributed by atoms with Gasteiger partial charge in [-0.05, 0) is 41.5 Å². The fourth-order valence-electron chi connectivity index (χ4n) is 3.99. The Morgan fingerprint density at radius 2 is 1.73 bits per heavy atom. The number of carbonyl (C=O) groups is 1. The maximum Gasteiger partial charge on any atom is 0.187 e. The van der Waals surface area contributed by atoms with E-state index < -0.39 is 0 Å². The molecule has 0 aliphatic carbocycles. The zero-order valence-corrected chi connectivity index (χ0v) is 20.5. The van der Waals surface area contributed by atoms with Crippen molar-refractivity contribution in [3.63, 3.8) is 0 Å². The van der Waals surface area contributed by atoms with Gasteiger partial charge in [-0.3, -0.25) is 4.79 Å². The Morgan fingerprint density at radius 3 is 2.57 bits per heavy atom. The molecule has 1 heterocycles. The molecule has 0 saturated heterocycles. The third-order valence-corrected chi connectivity index (χ3v) is 6.32. The van der Waals surface area contributed by atoms with Crippen molar-refractivity contribution < 1.29 is 23.7 Å². The minimum absolute atomic E-state index is 0.219. The Labute approximate surface area is 219 Å².